The molecule has 2 rings (SSSR count). The Balaban J connectivity index is 2.29. The van der Waals surface area contributed by atoms with E-state index in [0.29, 0.717) is 11.4 Å². The SMILES string of the molecule is Cc1cc(S(=O)(=O)N(C)Cc2sccc2C)ccc1Br. The largest absolute Gasteiger partial charge is 0.243 e. The summed E-state index contributed by atoms with van der Waals surface area (Å²) in [6.45, 7) is 4.28. The standard InChI is InChI=1S/C14H16BrNO2S2/c1-10-6-7-19-14(10)9-16(3)20(17,18)12-4-5-13(15)11(2)8-12/h4-8H,9H2,1-3H3. The lowest BCUT2D eigenvalue weighted by molar-refractivity contribution is 0.469. The Morgan fingerprint density at radius 2 is 1.90 bits per heavy atom. The average molecular weight is 374 g/mol. The maximum atomic E-state index is 12.5. The van der Waals surface area contributed by atoms with Crippen molar-refractivity contribution < 1.29 is 8.42 Å². The second-order valence-corrected chi connectivity index (χ2v) is 8.60. The zero-order valence-electron chi connectivity index (χ0n) is 11.6. The Hall–Kier alpha value is -0.690. The van der Waals surface area contributed by atoms with Crippen LogP contribution < -0.4 is 0 Å². The Morgan fingerprint density at radius 1 is 1.20 bits per heavy atom. The molecule has 0 unspecified atom stereocenters. The number of nitrogens with zero attached hydrogens (tertiary/aromatic N) is 1. The van der Waals surface area contributed by atoms with Crippen LogP contribution in [0.4, 0.5) is 0 Å². The maximum absolute atomic E-state index is 12.5. The van der Waals surface area contributed by atoms with Crippen LogP contribution in [-0.2, 0) is 16.6 Å². The van der Waals surface area contributed by atoms with Crippen LogP contribution in [0, 0.1) is 13.8 Å². The van der Waals surface area contributed by atoms with Gasteiger partial charge in [-0.15, -0.1) is 11.3 Å². The van der Waals surface area contributed by atoms with Crippen LogP contribution in [0.1, 0.15) is 16.0 Å². The van der Waals surface area contributed by atoms with Gasteiger partial charge in [0, 0.05) is 22.9 Å². The fourth-order valence-electron chi connectivity index (χ4n) is 1.81. The highest BCUT2D eigenvalue weighted by Crippen LogP contribution is 2.24. The van der Waals surface area contributed by atoms with E-state index in [2.05, 4.69) is 15.9 Å². The fraction of sp³-hybridized carbons (Fsp3) is 0.286. The van der Waals surface area contributed by atoms with E-state index in [0.717, 1.165) is 20.5 Å². The molecule has 0 N–H and O–H groups in total. The monoisotopic (exact) mass is 373 g/mol. The molecule has 0 fully saturated rings. The summed E-state index contributed by atoms with van der Waals surface area (Å²) >= 11 is 4.97. The summed E-state index contributed by atoms with van der Waals surface area (Å²) < 4.78 is 27.4. The molecule has 0 saturated heterocycles. The molecule has 1 aromatic carbocycles. The van der Waals surface area contributed by atoms with Crippen molar-refractivity contribution in [2.24, 2.45) is 0 Å². The minimum atomic E-state index is -3.45. The predicted octanol–water partition coefficient (Wildman–Crippen LogP) is 3.95. The van der Waals surface area contributed by atoms with Crippen LogP contribution in [0.25, 0.3) is 0 Å². The maximum Gasteiger partial charge on any atom is 0.243 e. The number of rotatable bonds is 4. The van der Waals surface area contributed by atoms with Gasteiger partial charge in [-0.1, -0.05) is 15.9 Å². The highest BCUT2D eigenvalue weighted by molar-refractivity contribution is 9.10. The second-order valence-electron chi connectivity index (χ2n) is 4.70. The molecule has 0 amide bonds. The van der Waals surface area contributed by atoms with Crippen molar-refractivity contribution >= 4 is 37.3 Å². The fourth-order valence-corrected chi connectivity index (χ4v) is 4.32. The average Bonchev–Trinajstić information content (AvgIpc) is 2.78. The highest BCUT2D eigenvalue weighted by Gasteiger charge is 2.22. The van der Waals surface area contributed by atoms with Crippen molar-refractivity contribution in [3.05, 3.63) is 50.1 Å². The molecule has 0 aliphatic carbocycles. The van der Waals surface area contributed by atoms with E-state index in [1.165, 1.54) is 4.31 Å². The number of thiophene rings is 1. The molecule has 0 saturated carbocycles. The van der Waals surface area contributed by atoms with Crippen LogP contribution in [0.2, 0.25) is 0 Å². The van der Waals surface area contributed by atoms with E-state index in [4.69, 9.17) is 0 Å². The number of hydrogen-bond acceptors (Lipinski definition) is 3. The van der Waals surface area contributed by atoms with Crippen LogP contribution in [0.3, 0.4) is 0 Å². The van der Waals surface area contributed by atoms with Crippen molar-refractivity contribution in [3.63, 3.8) is 0 Å². The lowest BCUT2D eigenvalue weighted by Gasteiger charge is -2.17. The van der Waals surface area contributed by atoms with Gasteiger partial charge in [0.15, 0.2) is 0 Å². The molecule has 1 aromatic heterocycles. The molecule has 0 aliphatic rings. The molecule has 20 heavy (non-hydrogen) atoms. The first-order chi connectivity index (χ1) is 9.32. The van der Waals surface area contributed by atoms with E-state index in [-0.39, 0.29) is 0 Å². The summed E-state index contributed by atoms with van der Waals surface area (Å²) in [6, 6.07) is 7.10. The topological polar surface area (TPSA) is 37.4 Å². The smallest absolute Gasteiger partial charge is 0.207 e. The molecule has 0 spiro atoms. The van der Waals surface area contributed by atoms with Gasteiger partial charge in [0.1, 0.15) is 0 Å². The lowest BCUT2D eigenvalue weighted by atomic mass is 10.2. The molecule has 0 atom stereocenters. The third-order valence-electron chi connectivity index (χ3n) is 3.17. The van der Waals surface area contributed by atoms with Gasteiger partial charge in [0.05, 0.1) is 4.90 Å². The molecule has 3 nitrogen and oxygen atoms in total. The van der Waals surface area contributed by atoms with Gasteiger partial charge in [-0.3, -0.25) is 0 Å². The first kappa shape index (κ1) is 15.7. The Kier molecular flexibility index (Phi) is 4.69. The zero-order valence-corrected chi connectivity index (χ0v) is 14.8. The third-order valence-corrected chi connectivity index (χ3v) is 6.87. The van der Waals surface area contributed by atoms with Crippen LogP contribution in [0.15, 0.2) is 39.0 Å². The van der Waals surface area contributed by atoms with E-state index < -0.39 is 10.0 Å². The number of hydrogen-bond donors (Lipinski definition) is 0. The molecule has 0 aliphatic heterocycles. The Bertz CT molecular complexity index is 723. The van der Waals surface area contributed by atoms with Crippen LogP contribution in [0.5, 0.6) is 0 Å². The number of halogens is 1. The molecule has 108 valence electrons. The van der Waals surface area contributed by atoms with Crippen molar-refractivity contribution in [2.45, 2.75) is 25.3 Å². The molecule has 0 radical (unpaired) electrons. The van der Waals surface area contributed by atoms with Crippen molar-refractivity contribution in [3.8, 4) is 0 Å². The van der Waals surface area contributed by atoms with Crippen molar-refractivity contribution in [2.75, 3.05) is 7.05 Å². The summed E-state index contributed by atoms with van der Waals surface area (Å²) in [7, 11) is -1.83. The number of sulfonamides is 1. The normalized spacial score (nSPS) is 12.1. The van der Waals surface area contributed by atoms with E-state index in [1.807, 2.05) is 25.3 Å². The molecular weight excluding hydrogens is 358 g/mol. The van der Waals surface area contributed by atoms with Gasteiger partial charge >= 0.3 is 0 Å². The molecular formula is C14H16BrNO2S2. The van der Waals surface area contributed by atoms with Crippen LogP contribution >= 0.6 is 27.3 Å². The van der Waals surface area contributed by atoms with Gasteiger partial charge in [-0.05, 0) is 54.6 Å². The van der Waals surface area contributed by atoms with Gasteiger partial charge in [0.25, 0.3) is 0 Å². The summed E-state index contributed by atoms with van der Waals surface area (Å²) in [5.74, 6) is 0. The summed E-state index contributed by atoms with van der Waals surface area (Å²) in [5, 5.41) is 1.98. The van der Waals surface area contributed by atoms with Crippen molar-refractivity contribution in [1.29, 1.82) is 0 Å². The number of benzene rings is 1. The molecule has 1 heterocycles. The third kappa shape index (κ3) is 3.14. The van der Waals surface area contributed by atoms with Gasteiger partial charge < -0.3 is 0 Å². The summed E-state index contributed by atoms with van der Waals surface area (Å²) in [4.78, 5) is 1.40. The quantitative estimate of drug-likeness (QED) is 0.813. The van der Waals surface area contributed by atoms with E-state index in [1.54, 1.807) is 36.6 Å². The van der Waals surface area contributed by atoms with Crippen molar-refractivity contribution in [1.82, 2.24) is 4.31 Å². The van der Waals surface area contributed by atoms with Gasteiger partial charge in [-0.2, -0.15) is 4.31 Å². The Morgan fingerprint density at radius 3 is 2.45 bits per heavy atom. The second kappa shape index (κ2) is 5.97. The lowest BCUT2D eigenvalue weighted by Crippen LogP contribution is -2.26. The summed E-state index contributed by atoms with van der Waals surface area (Å²) in [5.41, 5.74) is 2.04. The van der Waals surface area contributed by atoms with E-state index in [9.17, 15) is 8.42 Å². The van der Waals surface area contributed by atoms with E-state index >= 15 is 0 Å². The van der Waals surface area contributed by atoms with Crippen LogP contribution in [-0.4, -0.2) is 19.8 Å². The number of aryl methyl sites for hydroxylation is 2. The zero-order chi connectivity index (χ0) is 14.9. The molecule has 6 heteroatoms. The summed E-state index contributed by atoms with van der Waals surface area (Å²) in [6.07, 6.45) is 0. The minimum Gasteiger partial charge on any atom is -0.207 e. The molecule has 0 bridgehead atoms. The molecule has 2 aromatic rings. The highest BCUT2D eigenvalue weighted by atomic mass is 79.9. The first-order valence-electron chi connectivity index (χ1n) is 6.08. The first-order valence-corrected chi connectivity index (χ1v) is 9.19. The Labute approximate surface area is 132 Å². The van der Waals surface area contributed by atoms with Gasteiger partial charge in [-0.25, -0.2) is 8.42 Å². The minimum absolute atomic E-state index is 0.329. The van der Waals surface area contributed by atoms with Gasteiger partial charge in [0.2, 0.25) is 10.0 Å². The predicted molar refractivity (Wildman–Crippen MR) is 86.6 cm³/mol.